The fourth-order valence-corrected chi connectivity index (χ4v) is 4.82. The summed E-state index contributed by atoms with van der Waals surface area (Å²) < 4.78 is 10.7. The number of benzene rings is 3. The maximum absolute atomic E-state index is 13.6. The van der Waals surface area contributed by atoms with Gasteiger partial charge in [-0.1, -0.05) is 12.1 Å². The number of nitrogens with two attached hydrogens (primary N) is 1. The third-order valence-corrected chi connectivity index (χ3v) is 6.88. The summed E-state index contributed by atoms with van der Waals surface area (Å²) in [7, 11) is 0. The quantitative estimate of drug-likeness (QED) is 0.521. The standard InChI is InChI=1S/C29H28N4O4/c30-16-19-4-6-21(7-5-19)29(35)33(25-11-9-23(31)10-12-25)17-20-2-1-3-24(14-20)32-28(34)22-8-13-26-27(15-22)37-18-36-26/h1-8,13-15,23,25H,9-12,17-18,31H2,(H,32,34). The van der Waals surface area contributed by atoms with Crippen LogP contribution in [0.25, 0.3) is 0 Å². The minimum atomic E-state index is -0.262. The van der Waals surface area contributed by atoms with Crippen LogP contribution in [0.2, 0.25) is 0 Å². The maximum Gasteiger partial charge on any atom is 0.255 e. The van der Waals surface area contributed by atoms with Gasteiger partial charge in [0.25, 0.3) is 11.8 Å². The van der Waals surface area contributed by atoms with Gasteiger partial charge in [-0.15, -0.1) is 0 Å². The van der Waals surface area contributed by atoms with Crippen LogP contribution in [-0.2, 0) is 6.54 Å². The molecule has 5 rings (SSSR count). The lowest BCUT2D eigenvalue weighted by atomic mass is 9.90. The van der Waals surface area contributed by atoms with E-state index in [1.54, 1.807) is 42.5 Å². The molecule has 0 saturated heterocycles. The largest absolute Gasteiger partial charge is 0.454 e. The Bertz CT molecular complexity index is 1340. The van der Waals surface area contributed by atoms with Crippen LogP contribution in [0.5, 0.6) is 11.5 Å². The molecule has 1 heterocycles. The summed E-state index contributed by atoms with van der Waals surface area (Å²) in [6.07, 6.45) is 3.41. The van der Waals surface area contributed by atoms with Crippen LogP contribution in [0.4, 0.5) is 5.69 Å². The molecular weight excluding hydrogens is 468 g/mol. The van der Waals surface area contributed by atoms with E-state index in [1.807, 2.05) is 29.2 Å². The van der Waals surface area contributed by atoms with Gasteiger partial charge in [-0.2, -0.15) is 5.26 Å². The van der Waals surface area contributed by atoms with E-state index in [0.717, 1.165) is 31.2 Å². The number of nitrogens with one attached hydrogen (secondary N) is 1. The van der Waals surface area contributed by atoms with Crippen molar-refractivity contribution < 1.29 is 19.1 Å². The van der Waals surface area contributed by atoms with Gasteiger partial charge in [0.1, 0.15) is 0 Å². The number of ether oxygens (including phenoxy) is 2. The SMILES string of the molecule is N#Cc1ccc(C(=O)N(Cc2cccc(NC(=O)c3ccc4c(c3)OCO4)c2)C2CCC(N)CC2)cc1. The zero-order valence-corrected chi connectivity index (χ0v) is 20.4. The van der Waals surface area contributed by atoms with Gasteiger partial charge in [-0.05, 0) is 85.8 Å². The zero-order valence-electron chi connectivity index (χ0n) is 20.4. The molecular formula is C29H28N4O4. The molecule has 37 heavy (non-hydrogen) atoms. The number of hydrogen-bond acceptors (Lipinski definition) is 6. The first kappa shape index (κ1) is 24.3. The van der Waals surface area contributed by atoms with Crippen LogP contribution in [0, 0.1) is 11.3 Å². The van der Waals surface area contributed by atoms with Crippen molar-refractivity contribution in [1.82, 2.24) is 4.90 Å². The molecule has 2 aliphatic rings. The van der Waals surface area contributed by atoms with Gasteiger partial charge >= 0.3 is 0 Å². The molecule has 0 radical (unpaired) electrons. The molecule has 0 atom stereocenters. The van der Waals surface area contributed by atoms with Crippen LogP contribution in [-0.4, -0.2) is 35.6 Å². The summed E-state index contributed by atoms with van der Waals surface area (Å²) in [4.78, 5) is 28.3. The summed E-state index contributed by atoms with van der Waals surface area (Å²) in [6, 6.07) is 21.6. The van der Waals surface area contributed by atoms with E-state index in [1.165, 1.54) is 0 Å². The number of nitrogens with zero attached hydrogens (tertiary/aromatic N) is 2. The predicted molar refractivity (Wildman–Crippen MR) is 138 cm³/mol. The molecule has 0 unspecified atom stereocenters. The Hall–Kier alpha value is -4.35. The highest BCUT2D eigenvalue weighted by atomic mass is 16.7. The second-order valence-corrected chi connectivity index (χ2v) is 9.41. The Morgan fingerprint density at radius 2 is 1.68 bits per heavy atom. The topological polar surface area (TPSA) is 118 Å². The van der Waals surface area contributed by atoms with Crippen molar-refractivity contribution in [1.29, 1.82) is 5.26 Å². The van der Waals surface area contributed by atoms with E-state index in [0.29, 0.717) is 40.4 Å². The second-order valence-electron chi connectivity index (χ2n) is 9.41. The lowest BCUT2D eigenvalue weighted by Crippen LogP contribution is -2.43. The number of carbonyl (C=O) groups is 2. The van der Waals surface area contributed by atoms with Crippen LogP contribution in [0.15, 0.2) is 66.7 Å². The smallest absolute Gasteiger partial charge is 0.255 e. The molecule has 1 aliphatic heterocycles. The number of hydrogen-bond donors (Lipinski definition) is 2. The zero-order chi connectivity index (χ0) is 25.8. The number of rotatable bonds is 6. The summed E-state index contributed by atoms with van der Waals surface area (Å²) >= 11 is 0. The summed E-state index contributed by atoms with van der Waals surface area (Å²) in [6.45, 7) is 0.541. The molecule has 0 spiro atoms. The summed E-state index contributed by atoms with van der Waals surface area (Å²) in [5, 5.41) is 12.0. The molecule has 8 heteroatoms. The predicted octanol–water partition coefficient (Wildman–Crippen LogP) is 4.45. The van der Waals surface area contributed by atoms with E-state index in [-0.39, 0.29) is 30.7 Å². The van der Waals surface area contributed by atoms with Crippen molar-refractivity contribution >= 4 is 17.5 Å². The summed E-state index contributed by atoms with van der Waals surface area (Å²) in [5.74, 6) is 0.821. The molecule has 2 amide bonds. The molecule has 188 valence electrons. The molecule has 3 aromatic carbocycles. The number of fused-ring (bicyclic) bond motifs is 1. The maximum atomic E-state index is 13.6. The number of carbonyl (C=O) groups excluding carboxylic acids is 2. The van der Waals surface area contributed by atoms with E-state index < -0.39 is 0 Å². The van der Waals surface area contributed by atoms with Gasteiger partial charge in [-0.3, -0.25) is 9.59 Å². The van der Waals surface area contributed by atoms with Crippen molar-refractivity contribution in [2.45, 2.75) is 44.3 Å². The highest BCUT2D eigenvalue weighted by Gasteiger charge is 2.28. The lowest BCUT2D eigenvalue weighted by molar-refractivity contribution is 0.0606. The molecule has 1 saturated carbocycles. The second kappa shape index (κ2) is 10.7. The fraction of sp³-hybridized carbons (Fsp3) is 0.276. The lowest BCUT2D eigenvalue weighted by Gasteiger charge is -2.36. The first-order valence-electron chi connectivity index (χ1n) is 12.4. The molecule has 0 bridgehead atoms. The van der Waals surface area contributed by atoms with Crippen molar-refractivity contribution in [2.75, 3.05) is 12.1 Å². The Balaban J connectivity index is 1.34. The summed E-state index contributed by atoms with van der Waals surface area (Å²) in [5.41, 5.74) is 9.18. The number of nitriles is 1. The number of amides is 2. The normalized spacial score (nSPS) is 18.1. The van der Waals surface area contributed by atoms with Crippen molar-refractivity contribution in [2.24, 2.45) is 5.73 Å². The molecule has 3 N–H and O–H groups in total. The van der Waals surface area contributed by atoms with Crippen LogP contribution in [0.1, 0.15) is 57.5 Å². The molecule has 3 aromatic rings. The van der Waals surface area contributed by atoms with E-state index in [9.17, 15) is 9.59 Å². The van der Waals surface area contributed by atoms with Gasteiger partial charge < -0.3 is 25.4 Å². The minimum absolute atomic E-state index is 0.0647. The Kier molecular flexibility index (Phi) is 7.06. The number of anilines is 1. The Morgan fingerprint density at radius 3 is 2.43 bits per heavy atom. The molecule has 1 aliphatic carbocycles. The highest BCUT2D eigenvalue weighted by Crippen LogP contribution is 2.33. The first-order valence-corrected chi connectivity index (χ1v) is 12.4. The first-order chi connectivity index (χ1) is 18.0. The average molecular weight is 497 g/mol. The highest BCUT2D eigenvalue weighted by molar-refractivity contribution is 6.04. The van der Waals surface area contributed by atoms with Crippen LogP contribution >= 0.6 is 0 Å². The fourth-order valence-electron chi connectivity index (χ4n) is 4.82. The average Bonchev–Trinajstić information content (AvgIpc) is 3.40. The van der Waals surface area contributed by atoms with Gasteiger partial charge in [0.05, 0.1) is 11.6 Å². The van der Waals surface area contributed by atoms with Gasteiger partial charge in [-0.25, -0.2) is 0 Å². The molecule has 1 fully saturated rings. The van der Waals surface area contributed by atoms with E-state index in [4.69, 9.17) is 20.5 Å². The van der Waals surface area contributed by atoms with Gasteiger partial charge in [0.2, 0.25) is 6.79 Å². The molecule has 8 nitrogen and oxygen atoms in total. The van der Waals surface area contributed by atoms with E-state index in [2.05, 4.69) is 11.4 Å². The monoisotopic (exact) mass is 496 g/mol. The van der Waals surface area contributed by atoms with Crippen LogP contribution in [0.3, 0.4) is 0 Å². The Labute approximate surface area is 215 Å². The van der Waals surface area contributed by atoms with Crippen molar-refractivity contribution in [3.8, 4) is 17.6 Å². The van der Waals surface area contributed by atoms with E-state index >= 15 is 0 Å². The van der Waals surface area contributed by atoms with Gasteiger partial charge in [0, 0.05) is 35.4 Å². The van der Waals surface area contributed by atoms with Gasteiger partial charge in [0.15, 0.2) is 11.5 Å². The van der Waals surface area contributed by atoms with Crippen molar-refractivity contribution in [3.05, 3.63) is 89.0 Å². The molecule has 0 aromatic heterocycles. The Morgan fingerprint density at radius 1 is 0.946 bits per heavy atom. The van der Waals surface area contributed by atoms with Crippen molar-refractivity contribution in [3.63, 3.8) is 0 Å². The van der Waals surface area contributed by atoms with Crippen LogP contribution < -0.4 is 20.5 Å². The minimum Gasteiger partial charge on any atom is -0.454 e. The third kappa shape index (κ3) is 5.57. The third-order valence-electron chi connectivity index (χ3n) is 6.88.